The predicted molar refractivity (Wildman–Crippen MR) is 154 cm³/mol. The Balaban J connectivity index is 1.41. The molecule has 1 aromatic heterocycles. The Kier molecular flexibility index (Phi) is 8.01. The number of aryl methyl sites for hydroxylation is 1. The van der Waals surface area contributed by atoms with E-state index in [9.17, 15) is 14.4 Å². The van der Waals surface area contributed by atoms with E-state index >= 15 is 0 Å². The molecule has 4 aromatic rings. The number of aromatic nitrogens is 2. The van der Waals surface area contributed by atoms with Gasteiger partial charge in [-0.3, -0.25) is 29.1 Å². The van der Waals surface area contributed by atoms with Gasteiger partial charge in [0, 0.05) is 11.3 Å². The van der Waals surface area contributed by atoms with Gasteiger partial charge in [0.25, 0.3) is 17.5 Å². The van der Waals surface area contributed by atoms with Crippen LogP contribution in [0.25, 0.3) is 0 Å². The van der Waals surface area contributed by atoms with Gasteiger partial charge >= 0.3 is 5.88 Å². The molecular formula is C29H27N6O5S+. The Morgan fingerprint density at radius 2 is 1.66 bits per heavy atom. The van der Waals surface area contributed by atoms with E-state index in [1.807, 2.05) is 12.1 Å². The van der Waals surface area contributed by atoms with Gasteiger partial charge in [-0.1, -0.05) is 36.4 Å². The molecule has 1 aliphatic heterocycles. The zero-order chi connectivity index (χ0) is 28.9. The van der Waals surface area contributed by atoms with Gasteiger partial charge in [-0.25, -0.2) is 0 Å². The lowest BCUT2D eigenvalue weighted by Gasteiger charge is -2.22. The van der Waals surface area contributed by atoms with Crippen LogP contribution in [0.5, 0.6) is 5.75 Å². The van der Waals surface area contributed by atoms with Crippen LogP contribution in [0.1, 0.15) is 22.5 Å². The smallest absolute Gasteiger partial charge is 0.307 e. The van der Waals surface area contributed by atoms with Crippen molar-refractivity contribution in [3.8, 4) is 5.75 Å². The third-order valence-corrected chi connectivity index (χ3v) is 6.99. The maximum Gasteiger partial charge on any atom is 0.307 e. The number of benzene rings is 3. The van der Waals surface area contributed by atoms with Gasteiger partial charge in [-0.15, -0.1) is 0 Å². The fraction of sp³-hybridized carbons (Fsp3) is 0.172. The van der Waals surface area contributed by atoms with Crippen molar-refractivity contribution in [2.75, 3.05) is 22.6 Å². The first kappa shape index (κ1) is 27.5. The largest absolute Gasteiger partial charge is 0.497 e. The minimum absolute atomic E-state index is 0.0405. The number of ether oxygens (including phenoxy) is 1. The second-order valence-corrected chi connectivity index (χ2v) is 9.57. The zero-order valence-electron chi connectivity index (χ0n) is 22.3. The second-order valence-electron chi connectivity index (χ2n) is 9.21. The van der Waals surface area contributed by atoms with Gasteiger partial charge in [0.15, 0.2) is 12.2 Å². The molecule has 0 aliphatic carbocycles. The molecule has 1 atom stereocenters. The van der Waals surface area contributed by atoms with Crippen molar-refractivity contribution in [3.05, 3.63) is 96.2 Å². The van der Waals surface area contributed by atoms with Crippen molar-refractivity contribution < 1.29 is 28.3 Å². The summed E-state index contributed by atoms with van der Waals surface area (Å²) in [4.78, 5) is 42.7. The predicted octanol–water partition coefficient (Wildman–Crippen LogP) is 3.29. The molecule has 2 heterocycles. The molecule has 1 saturated heterocycles. The first-order valence-electron chi connectivity index (χ1n) is 12.7. The summed E-state index contributed by atoms with van der Waals surface area (Å²) in [5, 5.41) is 9.73. The normalized spacial score (nSPS) is 14.7. The lowest BCUT2D eigenvalue weighted by atomic mass is 10.1. The molecule has 1 unspecified atom stereocenters. The highest BCUT2D eigenvalue weighted by Gasteiger charge is 2.46. The number of carbonyl (C=O) groups is 3. The van der Waals surface area contributed by atoms with Crippen molar-refractivity contribution in [1.29, 1.82) is 0 Å². The Morgan fingerprint density at radius 1 is 1.00 bits per heavy atom. The minimum Gasteiger partial charge on any atom is -0.497 e. The molecule has 1 fully saturated rings. The fourth-order valence-corrected chi connectivity index (χ4v) is 4.82. The molecule has 0 saturated carbocycles. The second kappa shape index (κ2) is 12.0. The highest BCUT2D eigenvalue weighted by atomic mass is 32.1. The number of nitrogens with one attached hydrogen (secondary N) is 2. The van der Waals surface area contributed by atoms with E-state index in [1.165, 1.54) is 9.58 Å². The van der Waals surface area contributed by atoms with Gasteiger partial charge in [-0.05, 0) is 65.4 Å². The van der Waals surface area contributed by atoms with Crippen LogP contribution in [-0.4, -0.2) is 46.2 Å². The number of hydrogen-bond donors (Lipinski definition) is 2. The first-order valence-corrected chi connectivity index (χ1v) is 13.1. The standard InChI is InChI=1S/C29H26N6O5S/c1-33-24(27(40-32-33)31-26(37)19-9-5-3-6-10-19)18-34-23(17-25(36)30-20-13-15-22(39-2)16-14-20)28(38)35(29(34)41)21-11-7-4-8-12-21/h3-16,23H,17-18H2,1-2H3,(H-,30,31,32,36,37)/p+1. The molecule has 3 aromatic carbocycles. The van der Waals surface area contributed by atoms with Gasteiger partial charge in [0.05, 0.1) is 19.2 Å². The third-order valence-electron chi connectivity index (χ3n) is 6.58. The highest BCUT2D eigenvalue weighted by Crippen LogP contribution is 2.29. The van der Waals surface area contributed by atoms with Crippen LogP contribution < -0.4 is 25.0 Å². The summed E-state index contributed by atoms with van der Waals surface area (Å²) >= 11 is 5.77. The van der Waals surface area contributed by atoms with Gasteiger partial charge in [0.1, 0.15) is 18.3 Å². The van der Waals surface area contributed by atoms with Crippen molar-refractivity contribution in [1.82, 2.24) is 10.2 Å². The Hall–Kier alpha value is -5.10. The fourth-order valence-electron chi connectivity index (χ4n) is 4.44. The number of carbonyl (C=O) groups excluding carboxylic acids is 3. The van der Waals surface area contributed by atoms with E-state index in [-0.39, 0.29) is 41.7 Å². The molecule has 3 amide bonds. The topological polar surface area (TPSA) is 121 Å². The molecule has 11 nitrogen and oxygen atoms in total. The highest BCUT2D eigenvalue weighted by molar-refractivity contribution is 7.80. The molecule has 41 heavy (non-hydrogen) atoms. The summed E-state index contributed by atoms with van der Waals surface area (Å²) in [5.41, 5.74) is 2.04. The van der Waals surface area contributed by atoms with Crippen molar-refractivity contribution in [2.24, 2.45) is 7.05 Å². The van der Waals surface area contributed by atoms with E-state index in [1.54, 1.807) is 91.9 Å². The number of para-hydroxylation sites is 1. The monoisotopic (exact) mass is 571 g/mol. The average Bonchev–Trinajstić information content (AvgIpc) is 3.45. The molecular weight excluding hydrogens is 544 g/mol. The number of amides is 3. The number of rotatable bonds is 9. The Bertz CT molecular complexity index is 1580. The molecule has 0 bridgehead atoms. The lowest BCUT2D eigenvalue weighted by molar-refractivity contribution is -0.746. The van der Waals surface area contributed by atoms with E-state index in [0.717, 1.165) is 0 Å². The molecule has 0 radical (unpaired) electrons. The Morgan fingerprint density at radius 3 is 2.32 bits per heavy atom. The van der Waals surface area contributed by atoms with Gasteiger partial charge in [-0.2, -0.15) is 0 Å². The number of methoxy groups -OCH3 is 1. The van der Waals surface area contributed by atoms with Crippen LogP contribution in [0.15, 0.2) is 89.5 Å². The number of hydrogen-bond acceptors (Lipinski definition) is 7. The van der Waals surface area contributed by atoms with Gasteiger partial charge in [0.2, 0.25) is 11.2 Å². The van der Waals surface area contributed by atoms with E-state index < -0.39 is 6.04 Å². The third kappa shape index (κ3) is 5.92. The average molecular weight is 572 g/mol. The molecule has 12 heteroatoms. The van der Waals surface area contributed by atoms with Crippen LogP contribution in [-0.2, 0) is 23.2 Å². The quantitative estimate of drug-likeness (QED) is 0.232. The summed E-state index contributed by atoms with van der Waals surface area (Å²) < 4.78 is 12.0. The number of thiocarbonyl (C=S) groups is 1. The van der Waals surface area contributed by atoms with Crippen LogP contribution in [0, 0.1) is 0 Å². The Labute approximate surface area is 241 Å². The first-order chi connectivity index (χ1) is 19.9. The SMILES string of the molecule is COc1ccc(NC(=O)CC2C(=O)N(c3ccccc3)C(=S)N2Cc2c(NC(=O)c3ccccc3)on[n+]2C)cc1. The van der Waals surface area contributed by atoms with E-state index in [0.29, 0.717) is 28.4 Å². The summed E-state index contributed by atoms with van der Waals surface area (Å²) in [7, 11) is 3.21. The molecule has 1 aliphatic rings. The van der Waals surface area contributed by atoms with E-state index in [4.69, 9.17) is 21.5 Å². The summed E-state index contributed by atoms with van der Waals surface area (Å²) in [6, 6.07) is 23.6. The lowest BCUT2D eigenvalue weighted by Crippen LogP contribution is -2.43. The van der Waals surface area contributed by atoms with Crippen LogP contribution >= 0.6 is 12.2 Å². The number of anilines is 3. The van der Waals surface area contributed by atoms with Crippen molar-refractivity contribution in [3.63, 3.8) is 0 Å². The zero-order valence-corrected chi connectivity index (χ0v) is 23.1. The van der Waals surface area contributed by atoms with Crippen molar-refractivity contribution >= 4 is 52.3 Å². The molecule has 2 N–H and O–H groups in total. The van der Waals surface area contributed by atoms with Crippen LogP contribution in [0.3, 0.4) is 0 Å². The maximum absolute atomic E-state index is 13.7. The summed E-state index contributed by atoms with van der Waals surface area (Å²) in [5.74, 6) is -0.342. The maximum atomic E-state index is 13.7. The molecule has 208 valence electrons. The summed E-state index contributed by atoms with van der Waals surface area (Å²) in [6.07, 6.45) is -0.172. The van der Waals surface area contributed by atoms with Gasteiger partial charge < -0.3 is 15.0 Å². The molecule has 5 rings (SSSR count). The van der Waals surface area contributed by atoms with Crippen molar-refractivity contribution in [2.45, 2.75) is 19.0 Å². The van der Waals surface area contributed by atoms with Crippen LogP contribution in [0.4, 0.5) is 17.3 Å². The van der Waals surface area contributed by atoms with E-state index in [2.05, 4.69) is 15.9 Å². The van der Waals surface area contributed by atoms with Crippen LogP contribution in [0.2, 0.25) is 0 Å². The molecule has 0 spiro atoms. The number of nitrogens with zero attached hydrogens (tertiary/aromatic N) is 4. The summed E-state index contributed by atoms with van der Waals surface area (Å²) in [6.45, 7) is 0.0405. The minimum atomic E-state index is -0.923.